The van der Waals surface area contributed by atoms with E-state index in [1.54, 1.807) is 6.07 Å². The lowest BCUT2D eigenvalue weighted by atomic mass is 10.2. The van der Waals surface area contributed by atoms with E-state index < -0.39 is 4.92 Å². The van der Waals surface area contributed by atoms with E-state index in [1.807, 2.05) is 0 Å². The molecule has 0 aliphatic carbocycles. The molecule has 3 rings (SSSR count). The molecule has 1 aromatic heterocycles. The summed E-state index contributed by atoms with van der Waals surface area (Å²) in [6.07, 6.45) is 0.855. The topological polar surface area (TPSA) is 116 Å². The fourth-order valence-electron chi connectivity index (χ4n) is 2.81. The Morgan fingerprint density at radius 1 is 1.36 bits per heavy atom. The summed E-state index contributed by atoms with van der Waals surface area (Å²) in [5, 5.41) is 24.2. The Morgan fingerprint density at radius 2 is 2.12 bits per heavy atom. The van der Waals surface area contributed by atoms with E-state index in [0.29, 0.717) is 17.4 Å². The summed E-state index contributed by atoms with van der Waals surface area (Å²) in [5.41, 5.74) is 0.735. The van der Waals surface area contributed by atoms with Crippen LogP contribution in [0.25, 0.3) is 10.9 Å². The number of aromatic amines is 1. The van der Waals surface area contributed by atoms with Gasteiger partial charge in [-0.05, 0) is 19.0 Å². The van der Waals surface area contributed by atoms with Crippen LogP contribution in [0.4, 0.5) is 5.69 Å². The van der Waals surface area contributed by atoms with E-state index in [9.17, 15) is 14.9 Å². The molecule has 9 nitrogen and oxygen atoms in total. The highest BCUT2D eigenvalue weighted by molar-refractivity contribution is 6.05. The summed E-state index contributed by atoms with van der Waals surface area (Å²) in [6, 6.07) is 4.31. The number of nitrogens with one attached hydrogen (secondary N) is 3. The number of nitro benzene ring substituents is 1. The van der Waals surface area contributed by atoms with Crippen LogP contribution >= 0.6 is 12.4 Å². The van der Waals surface area contributed by atoms with E-state index >= 15 is 0 Å². The predicted molar refractivity (Wildman–Crippen MR) is 96.3 cm³/mol. The van der Waals surface area contributed by atoms with Crippen LogP contribution in [0.3, 0.4) is 0 Å². The molecule has 1 aromatic carbocycles. The average Bonchev–Trinajstić information content (AvgIpc) is 3.02. The molecule has 3 N–H and O–H groups in total. The number of hydrogen-bond donors (Lipinski definition) is 3. The van der Waals surface area contributed by atoms with Crippen molar-refractivity contribution in [3.63, 3.8) is 0 Å². The molecule has 2 heterocycles. The Balaban J connectivity index is 0.00000225. The molecule has 1 aliphatic heterocycles. The van der Waals surface area contributed by atoms with Gasteiger partial charge in [-0.15, -0.1) is 12.4 Å². The van der Waals surface area contributed by atoms with Gasteiger partial charge in [-0.2, -0.15) is 5.10 Å². The number of halogens is 1. The van der Waals surface area contributed by atoms with Gasteiger partial charge in [-0.1, -0.05) is 0 Å². The number of carbonyl (C=O) groups is 1. The number of nitro groups is 1. The highest BCUT2D eigenvalue weighted by Crippen LogP contribution is 2.21. The molecule has 0 saturated carbocycles. The first kappa shape index (κ1) is 19.1. The molecule has 0 unspecified atom stereocenters. The summed E-state index contributed by atoms with van der Waals surface area (Å²) in [7, 11) is 0. The van der Waals surface area contributed by atoms with Gasteiger partial charge in [-0.25, -0.2) is 0 Å². The highest BCUT2D eigenvalue weighted by atomic mass is 35.5. The lowest BCUT2D eigenvalue weighted by Crippen LogP contribution is -2.44. The van der Waals surface area contributed by atoms with Gasteiger partial charge >= 0.3 is 0 Å². The second-order valence-electron chi connectivity index (χ2n) is 5.76. The van der Waals surface area contributed by atoms with E-state index in [1.165, 1.54) is 12.1 Å². The van der Waals surface area contributed by atoms with Crippen molar-refractivity contribution in [2.45, 2.75) is 6.42 Å². The molecule has 1 saturated heterocycles. The number of aromatic nitrogens is 2. The fraction of sp³-hybridized carbons (Fsp3) is 0.467. The summed E-state index contributed by atoms with van der Waals surface area (Å²) >= 11 is 0. The zero-order valence-electron chi connectivity index (χ0n) is 13.7. The lowest BCUT2D eigenvalue weighted by molar-refractivity contribution is -0.384. The molecule has 1 fully saturated rings. The second kappa shape index (κ2) is 8.75. The maximum absolute atomic E-state index is 12.3. The van der Waals surface area contributed by atoms with Gasteiger partial charge in [0.15, 0.2) is 5.69 Å². The van der Waals surface area contributed by atoms with Gasteiger partial charge in [0.05, 0.1) is 10.4 Å². The van der Waals surface area contributed by atoms with Gasteiger partial charge in [0.2, 0.25) is 0 Å². The average molecular weight is 369 g/mol. The van der Waals surface area contributed by atoms with Crippen molar-refractivity contribution in [3.05, 3.63) is 34.0 Å². The number of carbonyl (C=O) groups excluding carboxylic acids is 1. The molecular formula is C15H21ClN6O3. The van der Waals surface area contributed by atoms with Crippen molar-refractivity contribution >= 4 is 34.9 Å². The molecule has 25 heavy (non-hydrogen) atoms. The van der Waals surface area contributed by atoms with Gasteiger partial charge in [-0.3, -0.25) is 20.0 Å². The number of amides is 1. The number of H-pyrrole nitrogens is 1. The van der Waals surface area contributed by atoms with Crippen LogP contribution in [0, 0.1) is 10.1 Å². The minimum Gasteiger partial charge on any atom is -0.351 e. The molecular weight excluding hydrogens is 348 g/mol. The zero-order valence-corrected chi connectivity index (χ0v) is 14.5. The first-order chi connectivity index (χ1) is 11.6. The molecule has 0 bridgehead atoms. The van der Waals surface area contributed by atoms with E-state index in [2.05, 4.69) is 25.7 Å². The summed E-state index contributed by atoms with van der Waals surface area (Å²) in [5.74, 6) is -0.318. The van der Waals surface area contributed by atoms with Crippen LogP contribution in [0.15, 0.2) is 18.2 Å². The minimum absolute atomic E-state index is 0. The molecule has 1 amide bonds. The smallest absolute Gasteiger partial charge is 0.272 e. The molecule has 10 heteroatoms. The van der Waals surface area contributed by atoms with Gasteiger partial charge in [0, 0.05) is 50.2 Å². The molecule has 136 valence electrons. The van der Waals surface area contributed by atoms with E-state index in [-0.39, 0.29) is 29.7 Å². The lowest BCUT2D eigenvalue weighted by Gasteiger charge is -2.26. The van der Waals surface area contributed by atoms with Crippen molar-refractivity contribution in [1.29, 1.82) is 0 Å². The molecule has 0 radical (unpaired) electrons. The Bertz CT molecular complexity index is 744. The van der Waals surface area contributed by atoms with Crippen molar-refractivity contribution < 1.29 is 9.72 Å². The van der Waals surface area contributed by atoms with Gasteiger partial charge < -0.3 is 15.5 Å². The molecule has 0 spiro atoms. The highest BCUT2D eigenvalue weighted by Gasteiger charge is 2.17. The summed E-state index contributed by atoms with van der Waals surface area (Å²) in [4.78, 5) is 25.0. The van der Waals surface area contributed by atoms with Crippen LogP contribution in [-0.4, -0.2) is 65.2 Å². The summed E-state index contributed by atoms with van der Waals surface area (Å²) in [6.45, 7) is 5.55. The van der Waals surface area contributed by atoms with Crippen LogP contribution < -0.4 is 10.6 Å². The first-order valence-corrected chi connectivity index (χ1v) is 7.99. The third kappa shape index (κ3) is 4.65. The van der Waals surface area contributed by atoms with Crippen LogP contribution in [0.2, 0.25) is 0 Å². The standard InChI is InChI=1S/C15H20N6O3.ClH/c22-15(17-4-1-7-20-8-5-16-6-9-20)14-12-10-11(21(23)24)2-3-13(12)18-19-14;/h2-3,10,16H,1,4-9H2,(H,17,22)(H,18,19);1H. The largest absolute Gasteiger partial charge is 0.351 e. The number of hydrogen-bond acceptors (Lipinski definition) is 6. The predicted octanol–water partition coefficient (Wildman–Crippen LogP) is 0.918. The third-order valence-corrected chi connectivity index (χ3v) is 4.12. The Morgan fingerprint density at radius 3 is 2.84 bits per heavy atom. The number of rotatable bonds is 6. The summed E-state index contributed by atoms with van der Waals surface area (Å²) < 4.78 is 0. The van der Waals surface area contributed by atoms with E-state index in [4.69, 9.17) is 0 Å². The SMILES string of the molecule is Cl.O=C(NCCCN1CCNCC1)c1n[nH]c2ccc([N+](=O)[O-])cc12. The maximum atomic E-state index is 12.3. The number of benzene rings is 1. The number of piperazine rings is 1. The van der Waals surface area contributed by atoms with Crippen molar-refractivity contribution in [3.8, 4) is 0 Å². The maximum Gasteiger partial charge on any atom is 0.272 e. The molecule has 0 atom stereocenters. The zero-order chi connectivity index (χ0) is 16.9. The fourth-order valence-corrected chi connectivity index (χ4v) is 2.81. The van der Waals surface area contributed by atoms with Crippen molar-refractivity contribution in [1.82, 2.24) is 25.7 Å². The molecule has 2 aromatic rings. The number of non-ortho nitro benzene ring substituents is 1. The van der Waals surface area contributed by atoms with Crippen molar-refractivity contribution in [2.75, 3.05) is 39.3 Å². The minimum atomic E-state index is -0.485. The van der Waals surface area contributed by atoms with Gasteiger partial charge in [0.25, 0.3) is 11.6 Å². The number of fused-ring (bicyclic) bond motifs is 1. The van der Waals surface area contributed by atoms with Gasteiger partial charge in [0.1, 0.15) is 0 Å². The van der Waals surface area contributed by atoms with Crippen LogP contribution in [0.5, 0.6) is 0 Å². The third-order valence-electron chi connectivity index (χ3n) is 4.12. The van der Waals surface area contributed by atoms with E-state index in [0.717, 1.165) is 39.1 Å². The Kier molecular flexibility index (Phi) is 6.68. The first-order valence-electron chi connectivity index (χ1n) is 7.99. The quantitative estimate of drug-likeness (QED) is 0.396. The monoisotopic (exact) mass is 368 g/mol. The number of nitrogens with zero attached hydrogens (tertiary/aromatic N) is 3. The second-order valence-corrected chi connectivity index (χ2v) is 5.76. The Hall–Kier alpha value is -2.23. The molecule has 1 aliphatic rings. The van der Waals surface area contributed by atoms with Crippen LogP contribution in [-0.2, 0) is 0 Å². The Labute approximate surface area is 150 Å². The normalized spacial score (nSPS) is 14.9. The van der Waals surface area contributed by atoms with Crippen molar-refractivity contribution in [2.24, 2.45) is 0 Å². The van der Waals surface area contributed by atoms with Crippen LogP contribution in [0.1, 0.15) is 16.9 Å².